The maximum absolute atomic E-state index is 4.95. The number of hydrogen-bond donors (Lipinski definition) is 1. The first-order chi connectivity index (χ1) is 13.0. The SMILES string of the molecule is CCn1nc(C)c([C@@H](C)Nc2nc(C3CCCC3)nc3c2cnn3C)c1C. The highest BCUT2D eigenvalue weighted by atomic mass is 15.3. The molecule has 1 fully saturated rings. The van der Waals surface area contributed by atoms with Crippen molar-refractivity contribution >= 4 is 16.9 Å². The molecule has 7 nitrogen and oxygen atoms in total. The number of fused-ring (bicyclic) bond motifs is 1. The van der Waals surface area contributed by atoms with Crippen LogP contribution in [-0.4, -0.2) is 29.5 Å². The van der Waals surface area contributed by atoms with Crippen LogP contribution < -0.4 is 5.32 Å². The average Bonchev–Trinajstić information content (AvgIpc) is 3.35. The van der Waals surface area contributed by atoms with Crippen molar-refractivity contribution in [3.05, 3.63) is 29.0 Å². The van der Waals surface area contributed by atoms with Crippen molar-refractivity contribution in [2.75, 3.05) is 5.32 Å². The van der Waals surface area contributed by atoms with Crippen LogP contribution in [0, 0.1) is 13.8 Å². The lowest BCUT2D eigenvalue weighted by Crippen LogP contribution is -2.13. The maximum atomic E-state index is 4.95. The van der Waals surface area contributed by atoms with E-state index >= 15 is 0 Å². The summed E-state index contributed by atoms with van der Waals surface area (Å²) in [6.07, 6.45) is 6.76. The molecule has 1 atom stereocenters. The molecule has 3 heterocycles. The van der Waals surface area contributed by atoms with E-state index in [0.29, 0.717) is 5.92 Å². The second kappa shape index (κ2) is 6.94. The van der Waals surface area contributed by atoms with Crippen LogP contribution in [0.25, 0.3) is 11.0 Å². The van der Waals surface area contributed by atoms with Gasteiger partial charge in [-0.15, -0.1) is 0 Å². The third-order valence-electron chi connectivity index (χ3n) is 5.85. The van der Waals surface area contributed by atoms with Crippen molar-refractivity contribution < 1.29 is 0 Å². The van der Waals surface area contributed by atoms with Gasteiger partial charge in [-0.3, -0.25) is 9.36 Å². The molecule has 3 aromatic rings. The summed E-state index contributed by atoms with van der Waals surface area (Å²) in [4.78, 5) is 9.79. The van der Waals surface area contributed by atoms with Gasteiger partial charge in [-0.2, -0.15) is 10.2 Å². The average molecular weight is 368 g/mol. The summed E-state index contributed by atoms with van der Waals surface area (Å²) in [6.45, 7) is 9.40. The third kappa shape index (κ3) is 3.09. The molecule has 1 saturated carbocycles. The van der Waals surface area contributed by atoms with Gasteiger partial charge in [-0.1, -0.05) is 12.8 Å². The third-order valence-corrected chi connectivity index (χ3v) is 5.85. The van der Waals surface area contributed by atoms with Gasteiger partial charge in [0.1, 0.15) is 11.6 Å². The predicted octanol–water partition coefficient (Wildman–Crippen LogP) is 4.03. The summed E-state index contributed by atoms with van der Waals surface area (Å²) < 4.78 is 3.91. The molecule has 1 N–H and O–H groups in total. The minimum atomic E-state index is 0.111. The highest BCUT2D eigenvalue weighted by molar-refractivity contribution is 5.86. The maximum Gasteiger partial charge on any atom is 0.163 e. The summed E-state index contributed by atoms with van der Waals surface area (Å²) in [7, 11) is 1.94. The Labute approximate surface area is 160 Å². The number of rotatable bonds is 5. The number of aromatic nitrogens is 6. The van der Waals surface area contributed by atoms with Crippen molar-refractivity contribution in [2.24, 2.45) is 7.05 Å². The van der Waals surface area contributed by atoms with Crippen molar-refractivity contribution in [1.29, 1.82) is 0 Å². The van der Waals surface area contributed by atoms with Gasteiger partial charge in [0.25, 0.3) is 0 Å². The van der Waals surface area contributed by atoms with E-state index in [-0.39, 0.29) is 6.04 Å². The van der Waals surface area contributed by atoms with E-state index in [2.05, 4.69) is 47.9 Å². The molecule has 0 saturated heterocycles. The van der Waals surface area contributed by atoms with Crippen LogP contribution in [0.5, 0.6) is 0 Å². The minimum Gasteiger partial charge on any atom is -0.363 e. The van der Waals surface area contributed by atoms with Crippen LogP contribution in [0.4, 0.5) is 5.82 Å². The van der Waals surface area contributed by atoms with E-state index in [0.717, 1.165) is 34.9 Å². The molecule has 7 heteroatoms. The quantitative estimate of drug-likeness (QED) is 0.737. The topological polar surface area (TPSA) is 73.5 Å². The lowest BCUT2D eigenvalue weighted by Gasteiger charge is -2.18. The Bertz CT molecular complexity index is 963. The van der Waals surface area contributed by atoms with Gasteiger partial charge in [0, 0.05) is 30.8 Å². The molecule has 144 valence electrons. The van der Waals surface area contributed by atoms with Crippen LogP contribution in [0.2, 0.25) is 0 Å². The first kappa shape index (κ1) is 17.9. The lowest BCUT2D eigenvalue weighted by atomic mass is 10.1. The van der Waals surface area contributed by atoms with Crippen LogP contribution in [0.3, 0.4) is 0 Å². The summed E-state index contributed by atoms with van der Waals surface area (Å²) >= 11 is 0. The second-order valence-corrected chi connectivity index (χ2v) is 7.68. The Morgan fingerprint density at radius 1 is 1.22 bits per heavy atom. The van der Waals surface area contributed by atoms with Crippen LogP contribution >= 0.6 is 0 Å². The zero-order chi connectivity index (χ0) is 19.1. The Balaban J connectivity index is 1.73. The Morgan fingerprint density at radius 3 is 2.63 bits per heavy atom. The van der Waals surface area contributed by atoms with Crippen molar-refractivity contribution in [2.45, 2.75) is 71.9 Å². The summed E-state index contributed by atoms with van der Waals surface area (Å²) in [5, 5.41) is 13.7. The molecule has 0 bridgehead atoms. The Kier molecular flexibility index (Phi) is 4.61. The fourth-order valence-corrected chi connectivity index (χ4v) is 4.44. The van der Waals surface area contributed by atoms with Gasteiger partial charge in [-0.05, 0) is 40.5 Å². The summed E-state index contributed by atoms with van der Waals surface area (Å²) in [5.41, 5.74) is 4.43. The van der Waals surface area contributed by atoms with Gasteiger partial charge in [0.2, 0.25) is 0 Å². The van der Waals surface area contributed by atoms with Crippen molar-refractivity contribution in [3.63, 3.8) is 0 Å². The first-order valence-corrected chi connectivity index (χ1v) is 9.99. The largest absolute Gasteiger partial charge is 0.363 e. The van der Waals surface area contributed by atoms with Crippen LogP contribution in [0.15, 0.2) is 6.20 Å². The molecule has 0 radical (unpaired) electrons. The highest BCUT2D eigenvalue weighted by Crippen LogP contribution is 2.35. The number of aryl methyl sites for hydroxylation is 3. The smallest absolute Gasteiger partial charge is 0.163 e. The fourth-order valence-electron chi connectivity index (χ4n) is 4.44. The van der Waals surface area contributed by atoms with Gasteiger partial charge in [0.05, 0.1) is 23.3 Å². The monoisotopic (exact) mass is 367 g/mol. The second-order valence-electron chi connectivity index (χ2n) is 7.68. The standard InChI is InChI=1S/C20H29N7/c1-6-27-14(4)17(13(3)25-27)12(2)22-19-16-11-21-26(5)20(16)24-18(23-19)15-9-7-8-10-15/h11-12,15H,6-10H2,1-5H3,(H,22,23,24)/t12-/m1/s1. The van der Waals surface area contributed by atoms with Crippen molar-refractivity contribution in [3.8, 4) is 0 Å². The van der Waals surface area contributed by atoms with Gasteiger partial charge in [-0.25, -0.2) is 9.97 Å². The van der Waals surface area contributed by atoms with E-state index in [1.54, 1.807) is 0 Å². The molecular formula is C20H29N7. The molecule has 0 aliphatic heterocycles. The summed E-state index contributed by atoms with van der Waals surface area (Å²) in [5.74, 6) is 2.30. The lowest BCUT2D eigenvalue weighted by molar-refractivity contribution is 0.632. The van der Waals surface area contributed by atoms with Crippen LogP contribution in [-0.2, 0) is 13.6 Å². The molecule has 4 rings (SSSR count). The number of hydrogen-bond acceptors (Lipinski definition) is 5. The number of nitrogens with zero attached hydrogens (tertiary/aromatic N) is 6. The Morgan fingerprint density at radius 2 is 1.96 bits per heavy atom. The van der Waals surface area contributed by atoms with Gasteiger partial charge in [0.15, 0.2) is 5.65 Å². The molecule has 27 heavy (non-hydrogen) atoms. The van der Waals surface area contributed by atoms with Gasteiger partial charge >= 0.3 is 0 Å². The van der Waals surface area contributed by atoms with E-state index in [1.807, 2.05) is 17.9 Å². The molecule has 1 aliphatic carbocycles. The molecular weight excluding hydrogens is 338 g/mol. The van der Waals surface area contributed by atoms with E-state index < -0.39 is 0 Å². The zero-order valence-corrected chi connectivity index (χ0v) is 17.0. The normalized spacial score (nSPS) is 16.3. The van der Waals surface area contributed by atoms with Crippen molar-refractivity contribution in [1.82, 2.24) is 29.5 Å². The molecule has 0 amide bonds. The molecule has 1 aliphatic rings. The zero-order valence-electron chi connectivity index (χ0n) is 17.0. The predicted molar refractivity (Wildman–Crippen MR) is 107 cm³/mol. The van der Waals surface area contributed by atoms with Gasteiger partial charge < -0.3 is 5.32 Å². The van der Waals surface area contributed by atoms with Crippen LogP contribution in [0.1, 0.15) is 74.3 Å². The van der Waals surface area contributed by atoms with E-state index in [1.165, 1.54) is 36.9 Å². The molecule has 0 unspecified atom stereocenters. The molecule has 3 aromatic heterocycles. The number of anilines is 1. The summed E-state index contributed by atoms with van der Waals surface area (Å²) in [6, 6.07) is 0.111. The van der Waals surface area contributed by atoms with E-state index in [4.69, 9.17) is 9.97 Å². The highest BCUT2D eigenvalue weighted by Gasteiger charge is 2.24. The first-order valence-electron chi connectivity index (χ1n) is 9.99. The molecule has 0 spiro atoms. The minimum absolute atomic E-state index is 0.111. The Hall–Kier alpha value is -2.44. The molecule has 0 aromatic carbocycles. The fraction of sp³-hybridized carbons (Fsp3) is 0.600. The number of nitrogens with one attached hydrogen (secondary N) is 1. The van der Waals surface area contributed by atoms with E-state index in [9.17, 15) is 0 Å².